The molecule has 3 rings (SSSR count). The van der Waals surface area contributed by atoms with E-state index in [2.05, 4.69) is 15.6 Å². The van der Waals surface area contributed by atoms with Crippen LogP contribution in [0.5, 0.6) is 5.75 Å². The van der Waals surface area contributed by atoms with E-state index in [4.69, 9.17) is 16.3 Å². The van der Waals surface area contributed by atoms with Gasteiger partial charge in [-0.3, -0.25) is 15.4 Å². The van der Waals surface area contributed by atoms with Crippen molar-refractivity contribution in [2.24, 2.45) is 10.9 Å². The van der Waals surface area contributed by atoms with Crippen molar-refractivity contribution in [3.05, 3.63) is 58.9 Å². The number of aliphatic imine (C=N–C) groups is 1. The Bertz CT molecular complexity index is 929. The molecule has 1 unspecified atom stereocenters. The highest BCUT2D eigenvalue weighted by Crippen LogP contribution is 2.25. The van der Waals surface area contributed by atoms with Crippen LogP contribution in [0, 0.1) is 11.7 Å². The van der Waals surface area contributed by atoms with E-state index >= 15 is 0 Å². The Morgan fingerprint density at radius 2 is 1.86 bits per heavy atom. The number of imide groups is 1. The van der Waals surface area contributed by atoms with Gasteiger partial charge in [0.15, 0.2) is 11.6 Å². The van der Waals surface area contributed by atoms with Gasteiger partial charge in [0.05, 0.1) is 11.8 Å². The Morgan fingerprint density at radius 1 is 1.14 bits per heavy atom. The van der Waals surface area contributed by atoms with Gasteiger partial charge in [-0.2, -0.15) is 0 Å². The number of hydrogen-bond acceptors (Lipinski definition) is 4. The molecule has 6 nitrogen and oxygen atoms in total. The Hall–Kier alpha value is -2.93. The highest BCUT2D eigenvalue weighted by Gasteiger charge is 2.32. The smallest absolute Gasteiger partial charge is 0.326 e. The first kappa shape index (κ1) is 19.8. The van der Waals surface area contributed by atoms with Crippen molar-refractivity contribution in [2.75, 3.05) is 0 Å². The third-order valence-electron chi connectivity index (χ3n) is 4.01. The summed E-state index contributed by atoms with van der Waals surface area (Å²) in [5.74, 6) is -1.51. The number of carbonyl (C=O) groups excluding carboxylic acids is 2. The van der Waals surface area contributed by atoms with Crippen LogP contribution in [-0.4, -0.2) is 23.9 Å². The van der Waals surface area contributed by atoms with Gasteiger partial charge in [0.25, 0.3) is 0 Å². The van der Waals surface area contributed by atoms with Crippen LogP contribution in [0.15, 0.2) is 47.5 Å². The van der Waals surface area contributed by atoms with Crippen molar-refractivity contribution in [3.8, 4) is 5.75 Å². The second-order valence-corrected chi connectivity index (χ2v) is 7.04. The van der Waals surface area contributed by atoms with Crippen LogP contribution in [0.25, 0.3) is 0 Å². The SMILES string of the molecule is CC(C)Oc1ccc(N=C2NC(=O)NC(=O)C2Cc2ccc(Cl)cc2)cc1F. The molecule has 1 aliphatic heterocycles. The zero-order chi connectivity index (χ0) is 20.3. The molecule has 8 heteroatoms. The number of ether oxygens (including phenoxy) is 1. The molecule has 0 radical (unpaired) electrons. The fourth-order valence-corrected chi connectivity index (χ4v) is 2.88. The van der Waals surface area contributed by atoms with Crippen molar-refractivity contribution in [3.63, 3.8) is 0 Å². The summed E-state index contributed by atoms with van der Waals surface area (Å²) in [6.45, 7) is 3.59. The number of carbonyl (C=O) groups is 2. The number of halogens is 2. The Labute approximate surface area is 166 Å². The van der Waals surface area contributed by atoms with Gasteiger partial charge >= 0.3 is 6.03 Å². The molecule has 2 N–H and O–H groups in total. The predicted molar refractivity (Wildman–Crippen MR) is 105 cm³/mol. The lowest BCUT2D eigenvalue weighted by atomic mass is 9.96. The van der Waals surface area contributed by atoms with Crippen LogP contribution >= 0.6 is 11.6 Å². The summed E-state index contributed by atoms with van der Waals surface area (Å²) in [6.07, 6.45) is 0.135. The minimum Gasteiger partial charge on any atom is -0.488 e. The largest absolute Gasteiger partial charge is 0.488 e. The quantitative estimate of drug-likeness (QED) is 0.792. The van der Waals surface area contributed by atoms with Crippen LogP contribution in [0.2, 0.25) is 5.02 Å². The summed E-state index contributed by atoms with van der Waals surface area (Å²) in [5, 5.41) is 5.35. The van der Waals surface area contributed by atoms with E-state index in [-0.39, 0.29) is 23.4 Å². The molecular weight excluding hydrogens is 385 g/mol. The van der Waals surface area contributed by atoms with E-state index in [0.717, 1.165) is 5.56 Å². The topological polar surface area (TPSA) is 79.8 Å². The average molecular weight is 404 g/mol. The van der Waals surface area contributed by atoms with Crippen LogP contribution in [0.1, 0.15) is 19.4 Å². The zero-order valence-electron chi connectivity index (χ0n) is 15.3. The maximum atomic E-state index is 14.2. The molecule has 0 saturated carbocycles. The maximum absolute atomic E-state index is 14.2. The van der Waals surface area contributed by atoms with Crippen molar-refractivity contribution in [2.45, 2.75) is 26.4 Å². The summed E-state index contributed by atoms with van der Waals surface area (Å²) < 4.78 is 19.6. The summed E-state index contributed by atoms with van der Waals surface area (Å²) in [7, 11) is 0. The van der Waals surface area contributed by atoms with Crippen molar-refractivity contribution >= 4 is 35.1 Å². The van der Waals surface area contributed by atoms with Gasteiger partial charge in [-0.05, 0) is 50.1 Å². The second kappa shape index (κ2) is 8.39. The highest BCUT2D eigenvalue weighted by molar-refractivity contribution is 6.30. The number of nitrogens with one attached hydrogen (secondary N) is 2. The molecule has 0 aromatic heterocycles. The van der Waals surface area contributed by atoms with Crippen molar-refractivity contribution in [1.29, 1.82) is 0 Å². The van der Waals surface area contributed by atoms with Gasteiger partial charge in [0, 0.05) is 11.1 Å². The number of amides is 3. The van der Waals surface area contributed by atoms with Crippen LogP contribution in [0.4, 0.5) is 14.9 Å². The summed E-state index contributed by atoms with van der Waals surface area (Å²) >= 11 is 5.89. The van der Waals surface area contributed by atoms with Crippen molar-refractivity contribution < 1.29 is 18.7 Å². The number of rotatable bonds is 5. The van der Waals surface area contributed by atoms with Crippen LogP contribution < -0.4 is 15.4 Å². The first-order valence-electron chi connectivity index (χ1n) is 8.73. The molecule has 1 atom stereocenters. The minimum absolute atomic E-state index is 0.113. The molecule has 0 aliphatic carbocycles. The molecule has 1 heterocycles. The number of nitrogens with zero attached hydrogens (tertiary/aromatic N) is 1. The molecule has 2 aromatic rings. The van der Waals surface area contributed by atoms with Gasteiger partial charge in [-0.25, -0.2) is 14.2 Å². The van der Waals surface area contributed by atoms with Gasteiger partial charge in [0.2, 0.25) is 5.91 Å². The number of amidine groups is 1. The molecule has 3 amide bonds. The summed E-state index contributed by atoms with van der Waals surface area (Å²) in [4.78, 5) is 28.4. The average Bonchev–Trinajstić information content (AvgIpc) is 2.61. The van der Waals surface area contributed by atoms with E-state index in [9.17, 15) is 14.0 Å². The van der Waals surface area contributed by atoms with Gasteiger partial charge in [-0.15, -0.1) is 0 Å². The van der Waals surface area contributed by atoms with Gasteiger partial charge in [-0.1, -0.05) is 23.7 Å². The van der Waals surface area contributed by atoms with Crippen LogP contribution in [0.3, 0.4) is 0 Å². The molecule has 0 spiro atoms. The Balaban J connectivity index is 1.89. The third-order valence-corrected chi connectivity index (χ3v) is 4.26. The standard InChI is InChI=1S/C20H19ClFN3O3/c1-11(2)28-17-8-7-14(10-16(17)22)23-18-15(19(26)25-20(27)24-18)9-12-3-5-13(21)6-4-12/h3-8,10-11,15H,9H2,1-2H3,(H2,23,24,25,26,27). The number of hydrogen-bond donors (Lipinski definition) is 2. The monoisotopic (exact) mass is 403 g/mol. The Morgan fingerprint density at radius 3 is 2.50 bits per heavy atom. The van der Waals surface area contributed by atoms with E-state index in [1.165, 1.54) is 12.1 Å². The zero-order valence-corrected chi connectivity index (χ0v) is 16.1. The first-order valence-corrected chi connectivity index (χ1v) is 9.10. The van der Waals surface area contributed by atoms with Crippen LogP contribution in [-0.2, 0) is 11.2 Å². The van der Waals surface area contributed by atoms with E-state index in [0.29, 0.717) is 11.4 Å². The molecule has 1 fully saturated rings. The Kier molecular flexibility index (Phi) is 5.94. The van der Waals surface area contributed by atoms with Gasteiger partial charge < -0.3 is 4.74 Å². The molecular formula is C20H19ClFN3O3. The predicted octanol–water partition coefficient (Wildman–Crippen LogP) is 3.99. The fraction of sp³-hybridized carbons (Fsp3) is 0.250. The van der Waals surface area contributed by atoms with E-state index in [1.54, 1.807) is 44.2 Å². The lowest BCUT2D eigenvalue weighted by molar-refractivity contribution is -0.122. The summed E-state index contributed by atoms with van der Waals surface area (Å²) in [5.41, 5.74) is 1.11. The maximum Gasteiger partial charge on any atom is 0.326 e. The van der Waals surface area contributed by atoms with Crippen molar-refractivity contribution in [1.82, 2.24) is 10.6 Å². The third kappa shape index (κ3) is 4.86. The summed E-state index contributed by atoms with van der Waals surface area (Å²) in [6, 6.07) is 10.6. The molecule has 146 valence electrons. The fourth-order valence-electron chi connectivity index (χ4n) is 2.76. The lowest BCUT2D eigenvalue weighted by Gasteiger charge is -2.24. The second-order valence-electron chi connectivity index (χ2n) is 6.60. The number of urea groups is 1. The highest BCUT2D eigenvalue weighted by atomic mass is 35.5. The minimum atomic E-state index is -0.728. The lowest BCUT2D eigenvalue weighted by Crippen LogP contribution is -2.56. The van der Waals surface area contributed by atoms with E-state index in [1.807, 2.05) is 0 Å². The molecule has 28 heavy (non-hydrogen) atoms. The molecule has 0 bridgehead atoms. The molecule has 1 saturated heterocycles. The molecule has 2 aromatic carbocycles. The van der Waals surface area contributed by atoms with Gasteiger partial charge in [0.1, 0.15) is 11.8 Å². The van der Waals surface area contributed by atoms with E-state index < -0.39 is 23.7 Å². The number of benzene rings is 2. The normalized spacial score (nSPS) is 18.2. The molecule has 1 aliphatic rings. The first-order chi connectivity index (χ1) is 13.3.